The van der Waals surface area contributed by atoms with Crippen molar-refractivity contribution in [2.24, 2.45) is 0 Å². The molecule has 68 valence electrons. The van der Waals surface area contributed by atoms with Crippen LogP contribution < -0.4 is 0 Å². The molecule has 2 aromatic rings. The van der Waals surface area contributed by atoms with Crippen molar-refractivity contribution in [2.45, 2.75) is 13.5 Å². The van der Waals surface area contributed by atoms with Crippen LogP contribution in [0.5, 0.6) is 0 Å². The maximum absolute atomic E-state index is 9.07. The van der Waals surface area contributed by atoms with E-state index >= 15 is 0 Å². The average Bonchev–Trinajstić information content (AvgIpc) is 2.47. The topological polar surface area (TPSA) is 36.0 Å². The highest BCUT2D eigenvalue weighted by molar-refractivity contribution is 9.10. The third-order valence-corrected chi connectivity index (χ3v) is 2.67. The molecule has 0 bridgehead atoms. The first kappa shape index (κ1) is 8.78. The van der Waals surface area contributed by atoms with Crippen molar-refractivity contribution in [1.82, 2.24) is 4.98 Å². The van der Waals surface area contributed by atoms with E-state index in [-0.39, 0.29) is 6.61 Å². The van der Waals surface area contributed by atoms with E-state index in [9.17, 15) is 0 Å². The van der Waals surface area contributed by atoms with Crippen LogP contribution in [0.4, 0.5) is 0 Å². The second-order valence-electron chi connectivity index (χ2n) is 3.12. The minimum absolute atomic E-state index is 0.0793. The molecule has 3 heteroatoms. The lowest BCUT2D eigenvalue weighted by Crippen LogP contribution is -1.80. The predicted molar refractivity (Wildman–Crippen MR) is 56.7 cm³/mol. The summed E-state index contributed by atoms with van der Waals surface area (Å²) in [6.07, 6.45) is 1.85. The van der Waals surface area contributed by atoms with Gasteiger partial charge in [-0.25, -0.2) is 0 Å². The van der Waals surface area contributed by atoms with Crippen molar-refractivity contribution in [2.75, 3.05) is 0 Å². The van der Waals surface area contributed by atoms with E-state index in [4.69, 9.17) is 5.11 Å². The van der Waals surface area contributed by atoms with Crippen LogP contribution in [0.15, 0.2) is 22.8 Å². The first-order valence-corrected chi connectivity index (χ1v) is 4.88. The summed E-state index contributed by atoms with van der Waals surface area (Å²) in [5, 5.41) is 10.2. The number of aromatic amines is 1. The number of hydrogen-bond acceptors (Lipinski definition) is 1. The number of halogens is 1. The summed E-state index contributed by atoms with van der Waals surface area (Å²) in [7, 11) is 0. The molecule has 2 nitrogen and oxygen atoms in total. The summed E-state index contributed by atoms with van der Waals surface area (Å²) >= 11 is 3.44. The summed E-state index contributed by atoms with van der Waals surface area (Å²) in [5.41, 5.74) is 3.23. The van der Waals surface area contributed by atoms with Crippen LogP contribution in [0.25, 0.3) is 10.9 Å². The fraction of sp³-hybridized carbons (Fsp3) is 0.200. The zero-order valence-electron chi connectivity index (χ0n) is 7.26. The summed E-state index contributed by atoms with van der Waals surface area (Å²) in [5.74, 6) is 0. The standard InChI is InChI=1S/C10H10BrNO/c1-6-2-8(11)3-9-7(5-13)4-12-10(6)9/h2-4,12-13H,5H2,1H3. The van der Waals surface area contributed by atoms with Crippen molar-refractivity contribution < 1.29 is 5.11 Å². The third-order valence-electron chi connectivity index (χ3n) is 2.21. The van der Waals surface area contributed by atoms with E-state index in [1.807, 2.05) is 19.2 Å². The summed E-state index contributed by atoms with van der Waals surface area (Å²) in [4.78, 5) is 3.15. The fourth-order valence-electron chi connectivity index (χ4n) is 1.56. The van der Waals surface area contributed by atoms with Crippen LogP contribution in [0.1, 0.15) is 11.1 Å². The van der Waals surface area contributed by atoms with Crippen LogP contribution >= 0.6 is 15.9 Å². The maximum atomic E-state index is 9.07. The van der Waals surface area contributed by atoms with E-state index < -0.39 is 0 Å². The first-order chi connectivity index (χ1) is 6.22. The normalized spacial score (nSPS) is 11.0. The van der Waals surface area contributed by atoms with Gasteiger partial charge < -0.3 is 10.1 Å². The summed E-state index contributed by atoms with van der Waals surface area (Å²) in [6, 6.07) is 4.07. The minimum atomic E-state index is 0.0793. The molecule has 0 atom stereocenters. The Morgan fingerprint density at radius 3 is 2.92 bits per heavy atom. The number of benzene rings is 1. The zero-order valence-corrected chi connectivity index (χ0v) is 8.85. The highest BCUT2D eigenvalue weighted by Crippen LogP contribution is 2.25. The molecule has 1 aromatic carbocycles. The summed E-state index contributed by atoms with van der Waals surface area (Å²) in [6.45, 7) is 2.13. The number of aliphatic hydroxyl groups is 1. The molecule has 0 amide bonds. The van der Waals surface area contributed by atoms with Crippen LogP contribution in [-0.4, -0.2) is 10.1 Å². The number of rotatable bonds is 1. The molecule has 2 rings (SSSR count). The Hall–Kier alpha value is -0.800. The maximum Gasteiger partial charge on any atom is 0.0702 e. The first-order valence-electron chi connectivity index (χ1n) is 4.09. The third kappa shape index (κ3) is 1.38. The molecule has 0 fully saturated rings. The van der Waals surface area contributed by atoms with E-state index in [0.29, 0.717) is 0 Å². The molecule has 2 N–H and O–H groups in total. The van der Waals surface area contributed by atoms with E-state index in [2.05, 4.69) is 27.0 Å². The molecule has 0 spiro atoms. The van der Waals surface area contributed by atoms with E-state index in [1.165, 1.54) is 5.56 Å². The van der Waals surface area contributed by atoms with Gasteiger partial charge in [0.25, 0.3) is 0 Å². The largest absolute Gasteiger partial charge is 0.392 e. The van der Waals surface area contributed by atoms with Crippen LogP contribution in [0.3, 0.4) is 0 Å². The highest BCUT2D eigenvalue weighted by atomic mass is 79.9. The van der Waals surface area contributed by atoms with Gasteiger partial charge in [-0.15, -0.1) is 0 Å². The lowest BCUT2D eigenvalue weighted by atomic mass is 10.1. The minimum Gasteiger partial charge on any atom is -0.392 e. The number of H-pyrrole nitrogens is 1. The lowest BCUT2D eigenvalue weighted by molar-refractivity contribution is 0.283. The van der Waals surface area contributed by atoms with Gasteiger partial charge in [-0.3, -0.25) is 0 Å². The summed E-state index contributed by atoms with van der Waals surface area (Å²) < 4.78 is 1.05. The molecule has 0 saturated carbocycles. The number of nitrogens with one attached hydrogen (secondary N) is 1. The van der Waals surface area contributed by atoms with Gasteiger partial charge in [0.05, 0.1) is 6.61 Å². The Balaban J connectivity index is 2.82. The molecule has 0 aliphatic rings. The van der Waals surface area contributed by atoms with Gasteiger partial charge >= 0.3 is 0 Å². The number of aliphatic hydroxyl groups excluding tert-OH is 1. The van der Waals surface area contributed by atoms with Crippen LogP contribution in [0, 0.1) is 6.92 Å². The highest BCUT2D eigenvalue weighted by Gasteiger charge is 2.05. The Labute approximate surface area is 84.7 Å². The molecule has 1 aromatic heterocycles. The molecule has 0 radical (unpaired) electrons. The van der Waals surface area contributed by atoms with Crippen LogP contribution in [-0.2, 0) is 6.61 Å². The number of aromatic nitrogens is 1. The van der Waals surface area contributed by atoms with Crippen molar-refractivity contribution in [3.63, 3.8) is 0 Å². The molecule has 0 aliphatic carbocycles. The van der Waals surface area contributed by atoms with Gasteiger partial charge in [0, 0.05) is 27.1 Å². The number of aryl methyl sites for hydroxylation is 1. The average molecular weight is 240 g/mol. The van der Waals surface area contributed by atoms with Gasteiger partial charge in [0.15, 0.2) is 0 Å². The van der Waals surface area contributed by atoms with Gasteiger partial charge in [-0.1, -0.05) is 15.9 Å². The predicted octanol–water partition coefficient (Wildman–Crippen LogP) is 2.73. The molecular weight excluding hydrogens is 230 g/mol. The quantitative estimate of drug-likeness (QED) is 0.789. The van der Waals surface area contributed by atoms with Crippen molar-refractivity contribution in [1.29, 1.82) is 0 Å². The molecule has 0 aliphatic heterocycles. The van der Waals surface area contributed by atoms with Crippen molar-refractivity contribution in [3.8, 4) is 0 Å². The second-order valence-corrected chi connectivity index (χ2v) is 4.03. The lowest BCUT2D eigenvalue weighted by Gasteiger charge is -1.98. The Kier molecular flexibility index (Phi) is 2.14. The fourth-order valence-corrected chi connectivity index (χ4v) is 2.13. The van der Waals surface area contributed by atoms with E-state index in [0.717, 1.165) is 20.9 Å². The van der Waals surface area contributed by atoms with Crippen molar-refractivity contribution in [3.05, 3.63) is 33.9 Å². The van der Waals surface area contributed by atoms with Gasteiger partial charge in [0.2, 0.25) is 0 Å². The van der Waals surface area contributed by atoms with Gasteiger partial charge in [-0.2, -0.15) is 0 Å². The molecular formula is C10H10BrNO. The second kappa shape index (κ2) is 3.16. The number of fused-ring (bicyclic) bond motifs is 1. The zero-order chi connectivity index (χ0) is 9.42. The molecule has 0 unspecified atom stereocenters. The molecule has 13 heavy (non-hydrogen) atoms. The SMILES string of the molecule is Cc1cc(Br)cc2c(CO)c[nH]c12. The molecule has 1 heterocycles. The van der Waals surface area contributed by atoms with Gasteiger partial charge in [0.1, 0.15) is 0 Å². The number of hydrogen-bond donors (Lipinski definition) is 2. The van der Waals surface area contributed by atoms with Gasteiger partial charge in [-0.05, 0) is 24.6 Å². The molecule has 0 saturated heterocycles. The van der Waals surface area contributed by atoms with Crippen molar-refractivity contribution >= 4 is 26.8 Å². The smallest absolute Gasteiger partial charge is 0.0702 e. The van der Waals surface area contributed by atoms with E-state index in [1.54, 1.807) is 0 Å². The Bertz CT molecular complexity index is 447. The Morgan fingerprint density at radius 1 is 1.46 bits per heavy atom. The Morgan fingerprint density at radius 2 is 2.23 bits per heavy atom. The monoisotopic (exact) mass is 239 g/mol. The van der Waals surface area contributed by atoms with Crippen LogP contribution in [0.2, 0.25) is 0 Å².